The van der Waals surface area contributed by atoms with E-state index in [1.54, 1.807) is 6.20 Å². The summed E-state index contributed by atoms with van der Waals surface area (Å²) in [5, 5.41) is 3.72. The SMILES string of the molecule is CCCNC(Cc1ccnc(N)c1)C1CC2CCC1O2. The first-order valence-corrected chi connectivity index (χ1v) is 7.85. The van der Waals surface area contributed by atoms with Gasteiger partial charge < -0.3 is 15.8 Å². The third-order valence-electron chi connectivity index (χ3n) is 4.63. The number of rotatable bonds is 6. The first kappa shape index (κ1) is 13.8. The van der Waals surface area contributed by atoms with Gasteiger partial charge in [-0.3, -0.25) is 0 Å². The average Bonchev–Trinajstić information content (AvgIpc) is 3.06. The first-order valence-electron chi connectivity index (χ1n) is 7.85. The molecular weight excluding hydrogens is 250 g/mol. The second-order valence-electron chi connectivity index (χ2n) is 6.13. The largest absolute Gasteiger partial charge is 0.384 e. The van der Waals surface area contributed by atoms with Gasteiger partial charge in [0.2, 0.25) is 0 Å². The Hall–Kier alpha value is -1.13. The van der Waals surface area contributed by atoms with E-state index in [-0.39, 0.29) is 0 Å². The maximum atomic E-state index is 6.03. The zero-order valence-corrected chi connectivity index (χ0v) is 12.2. The van der Waals surface area contributed by atoms with Crippen molar-refractivity contribution in [2.75, 3.05) is 12.3 Å². The summed E-state index contributed by atoms with van der Waals surface area (Å²) in [7, 11) is 0. The fraction of sp³-hybridized carbons (Fsp3) is 0.688. The maximum Gasteiger partial charge on any atom is 0.123 e. The summed E-state index contributed by atoms with van der Waals surface area (Å²) < 4.78 is 6.03. The molecule has 2 aliphatic heterocycles. The number of anilines is 1. The summed E-state index contributed by atoms with van der Waals surface area (Å²) >= 11 is 0. The van der Waals surface area contributed by atoms with E-state index in [9.17, 15) is 0 Å². The Labute approximate surface area is 121 Å². The van der Waals surface area contributed by atoms with Crippen molar-refractivity contribution in [3.05, 3.63) is 23.9 Å². The lowest BCUT2D eigenvalue weighted by atomic mass is 9.81. The molecule has 0 radical (unpaired) electrons. The van der Waals surface area contributed by atoms with Gasteiger partial charge in [0, 0.05) is 18.2 Å². The Bertz CT molecular complexity index is 451. The average molecular weight is 275 g/mol. The van der Waals surface area contributed by atoms with Gasteiger partial charge in [0.1, 0.15) is 5.82 Å². The number of nitrogen functional groups attached to an aromatic ring is 1. The topological polar surface area (TPSA) is 60.2 Å². The van der Waals surface area contributed by atoms with Crippen LogP contribution in [0, 0.1) is 5.92 Å². The van der Waals surface area contributed by atoms with Crippen LogP contribution >= 0.6 is 0 Å². The number of nitrogens with two attached hydrogens (primary N) is 1. The predicted octanol–water partition coefficient (Wildman–Crippen LogP) is 2.14. The van der Waals surface area contributed by atoms with Crippen molar-refractivity contribution in [2.24, 2.45) is 5.92 Å². The summed E-state index contributed by atoms with van der Waals surface area (Å²) in [5.74, 6) is 1.26. The molecule has 4 nitrogen and oxygen atoms in total. The summed E-state index contributed by atoms with van der Waals surface area (Å²) in [5.41, 5.74) is 7.06. The van der Waals surface area contributed by atoms with Crippen molar-refractivity contribution in [3.63, 3.8) is 0 Å². The van der Waals surface area contributed by atoms with Crippen molar-refractivity contribution < 1.29 is 4.74 Å². The molecule has 2 fully saturated rings. The van der Waals surface area contributed by atoms with E-state index in [1.807, 2.05) is 6.07 Å². The number of fused-ring (bicyclic) bond motifs is 2. The third kappa shape index (κ3) is 2.96. The van der Waals surface area contributed by atoms with Crippen LogP contribution in [0.1, 0.15) is 38.2 Å². The minimum Gasteiger partial charge on any atom is -0.384 e. The quantitative estimate of drug-likeness (QED) is 0.835. The van der Waals surface area contributed by atoms with Crippen LogP contribution in [0.25, 0.3) is 0 Å². The highest BCUT2D eigenvalue weighted by molar-refractivity contribution is 5.32. The Balaban J connectivity index is 1.69. The smallest absolute Gasteiger partial charge is 0.123 e. The van der Waals surface area contributed by atoms with Crippen LogP contribution in [-0.2, 0) is 11.2 Å². The van der Waals surface area contributed by atoms with Crippen LogP contribution in [0.15, 0.2) is 18.3 Å². The molecule has 2 aliphatic rings. The number of ether oxygens (including phenoxy) is 1. The molecule has 3 rings (SSSR count). The van der Waals surface area contributed by atoms with Gasteiger partial charge in [-0.05, 0) is 56.3 Å². The molecule has 110 valence electrons. The fourth-order valence-corrected chi connectivity index (χ4v) is 3.68. The molecule has 0 amide bonds. The molecule has 0 spiro atoms. The highest BCUT2D eigenvalue weighted by atomic mass is 16.5. The predicted molar refractivity (Wildman–Crippen MR) is 80.4 cm³/mol. The van der Waals surface area contributed by atoms with Gasteiger partial charge in [0.25, 0.3) is 0 Å². The summed E-state index contributed by atoms with van der Waals surface area (Å²) in [6.45, 7) is 3.28. The van der Waals surface area contributed by atoms with Crippen molar-refractivity contribution in [2.45, 2.75) is 57.3 Å². The van der Waals surface area contributed by atoms with Crippen LogP contribution in [0.5, 0.6) is 0 Å². The second kappa shape index (κ2) is 6.10. The van der Waals surface area contributed by atoms with Crippen molar-refractivity contribution in [3.8, 4) is 0 Å². The summed E-state index contributed by atoms with van der Waals surface area (Å²) in [6, 6.07) is 4.56. The normalized spacial score (nSPS) is 29.8. The van der Waals surface area contributed by atoms with Crippen LogP contribution < -0.4 is 11.1 Å². The molecule has 4 heteroatoms. The van der Waals surface area contributed by atoms with Crippen LogP contribution in [0.2, 0.25) is 0 Å². The maximum absolute atomic E-state index is 6.03. The lowest BCUT2D eigenvalue weighted by molar-refractivity contribution is 0.0857. The Morgan fingerprint density at radius 1 is 1.50 bits per heavy atom. The summed E-state index contributed by atoms with van der Waals surface area (Å²) in [6.07, 6.45) is 8.67. The highest BCUT2D eigenvalue weighted by Gasteiger charge is 2.44. The molecule has 4 atom stereocenters. The molecule has 1 aromatic heterocycles. The minimum absolute atomic E-state index is 0.466. The van der Waals surface area contributed by atoms with E-state index in [4.69, 9.17) is 10.5 Å². The van der Waals surface area contributed by atoms with Gasteiger partial charge >= 0.3 is 0 Å². The Kier molecular flexibility index (Phi) is 4.22. The zero-order valence-electron chi connectivity index (χ0n) is 12.2. The van der Waals surface area contributed by atoms with E-state index in [2.05, 4.69) is 23.3 Å². The van der Waals surface area contributed by atoms with Crippen molar-refractivity contribution in [1.29, 1.82) is 0 Å². The standard InChI is InChI=1S/C16H25N3O/c1-2-6-18-14(8-11-5-7-19-16(17)9-11)13-10-12-3-4-15(13)20-12/h5,7,9,12-15,18H,2-4,6,8,10H2,1H3,(H2,17,19). The van der Waals surface area contributed by atoms with Crippen LogP contribution in [-0.4, -0.2) is 29.8 Å². The molecule has 0 aromatic carbocycles. The number of pyridine rings is 1. The molecule has 2 bridgehead atoms. The number of hydrogen-bond acceptors (Lipinski definition) is 4. The van der Waals surface area contributed by atoms with E-state index in [1.165, 1.54) is 24.8 Å². The van der Waals surface area contributed by atoms with E-state index in [0.717, 1.165) is 19.4 Å². The molecule has 2 saturated heterocycles. The van der Waals surface area contributed by atoms with E-state index >= 15 is 0 Å². The summed E-state index contributed by atoms with van der Waals surface area (Å²) in [4.78, 5) is 4.08. The van der Waals surface area contributed by atoms with Crippen LogP contribution in [0.3, 0.4) is 0 Å². The molecule has 0 saturated carbocycles. The first-order chi connectivity index (χ1) is 9.76. The van der Waals surface area contributed by atoms with Gasteiger partial charge in [-0.15, -0.1) is 0 Å². The monoisotopic (exact) mass is 275 g/mol. The molecule has 3 heterocycles. The van der Waals surface area contributed by atoms with Crippen molar-refractivity contribution >= 4 is 5.82 Å². The Morgan fingerprint density at radius 3 is 3.05 bits per heavy atom. The second-order valence-corrected chi connectivity index (χ2v) is 6.13. The molecule has 4 unspecified atom stereocenters. The van der Waals surface area contributed by atoms with E-state index < -0.39 is 0 Å². The van der Waals surface area contributed by atoms with Gasteiger partial charge in [0.05, 0.1) is 12.2 Å². The van der Waals surface area contributed by atoms with Gasteiger partial charge in [-0.25, -0.2) is 4.98 Å². The van der Waals surface area contributed by atoms with Gasteiger partial charge in [0.15, 0.2) is 0 Å². The molecule has 20 heavy (non-hydrogen) atoms. The lowest BCUT2D eigenvalue weighted by Crippen LogP contribution is -2.42. The Morgan fingerprint density at radius 2 is 2.40 bits per heavy atom. The zero-order chi connectivity index (χ0) is 13.9. The van der Waals surface area contributed by atoms with Crippen molar-refractivity contribution in [1.82, 2.24) is 10.3 Å². The van der Waals surface area contributed by atoms with Gasteiger partial charge in [-0.2, -0.15) is 0 Å². The molecule has 1 aromatic rings. The highest BCUT2D eigenvalue weighted by Crippen LogP contribution is 2.41. The number of nitrogens with zero attached hydrogens (tertiary/aromatic N) is 1. The van der Waals surface area contributed by atoms with Gasteiger partial charge in [-0.1, -0.05) is 6.92 Å². The lowest BCUT2D eigenvalue weighted by Gasteiger charge is -2.29. The third-order valence-corrected chi connectivity index (χ3v) is 4.63. The van der Waals surface area contributed by atoms with E-state index in [0.29, 0.717) is 30.0 Å². The van der Waals surface area contributed by atoms with Crippen LogP contribution in [0.4, 0.5) is 5.82 Å². The minimum atomic E-state index is 0.466. The number of nitrogens with one attached hydrogen (secondary N) is 1. The fourth-order valence-electron chi connectivity index (χ4n) is 3.68. The molecular formula is C16H25N3O. The molecule has 0 aliphatic carbocycles. The number of hydrogen-bond donors (Lipinski definition) is 2. The number of aromatic nitrogens is 1. The molecule has 3 N–H and O–H groups in total.